The van der Waals surface area contributed by atoms with Crippen LogP contribution in [-0.2, 0) is 23.9 Å². The van der Waals surface area contributed by atoms with Crippen molar-refractivity contribution in [1.29, 1.82) is 0 Å². The first-order valence-electron chi connectivity index (χ1n) is 11.1. The molecule has 3 rings (SSSR count). The Bertz CT molecular complexity index is 981. The summed E-state index contributed by atoms with van der Waals surface area (Å²) < 4.78 is 15.8. The summed E-state index contributed by atoms with van der Waals surface area (Å²) in [4.78, 5) is 39.3. The van der Waals surface area contributed by atoms with E-state index in [-0.39, 0.29) is 18.3 Å². The zero-order chi connectivity index (χ0) is 24.1. The molecule has 0 bridgehead atoms. The molecule has 1 heterocycles. The van der Waals surface area contributed by atoms with E-state index in [0.717, 1.165) is 17.0 Å². The van der Waals surface area contributed by atoms with Crippen molar-refractivity contribution >= 4 is 29.5 Å². The molecule has 1 N–H and O–H groups in total. The third-order valence-corrected chi connectivity index (χ3v) is 6.94. The molecule has 1 aromatic carbocycles. The molecule has 7 nitrogen and oxygen atoms in total. The number of dihydropyridines is 1. The highest BCUT2D eigenvalue weighted by molar-refractivity contribution is 7.99. The fourth-order valence-corrected chi connectivity index (χ4v) is 4.99. The van der Waals surface area contributed by atoms with Crippen molar-refractivity contribution in [3.05, 3.63) is 52.4 Å². The Morgan fingerprint density at radius 2 is 1.88 bits per heavy atom. The number of Topliss-reactive ketones (excluding diaryl/α,β-unsaturated/α-hetero) is 1. The predicted molar refractivity (Wildman–Crippen MR) is 127 cm³/mol. The standard InChI is InChI=1S/C25H31NO6S/c1-6-33-12-11-32-25(29)20-15(3)26-18-13-14(2)19(24(28)31-5)23(27)22(18)21(20)16-7-9-17(30-4)10-8-16/h7-10,14,19,21,26H,6,11-13H2,1-5H3/t14-,19+,21+/m1/s1. The molecule has 0 radical (unpaired) electrons. The number of allylic oxidation sites excluding steroid dienone is 3. The van der Waals surface area contributed by atoms with E-state index in [1.807, 2.05) is 32.9 Å². The second kappa shape index (κ2) is 10.9. The van der Waals surface area contributed by atoms with Crippen LogP contribution in [0.2, 0.25) is 0 Å². The lowest BCUT2D eigenvalue weighted by molar-refractivity contribution is -0.151. The second-order valence-electron chi connectivity index (χ2n) is 8.14. The Morgan fingerprint density at radius 3 is 2.48 bits per heavy atom. The van der Waals surface area contributed by atoms with E-state index in [2.05, 4.69) is 5.32 Å². The van der Waals surface area contributed by atoms with Crippen LogP contribution in [-0.4, -0.2) is 50.1 Å². The number of hydrogen-bond acceptors (Lipinski definition) is 8. The van der Waals surface area contributed by atoms with Gasteiger partial charge < -0.3 is 19.5 Å². The lowest BCUT2D eigenvalue weighted by atomic mass is 9.69. The summed E-state index contributed by atoms with van der Waals surface area (Å²) in [6.45, 7) is 6.01. The van der Waals surface area contributed by atoms with Crippen molar-refractivity contribution in [3.8, 4) is 5.75 Å². The molecule has 0 amide bonds. The number of ether oxygens (including phenoxy) is 3. The van der Waals surface area contributed by atoms with Crippen molar-refractivity contribution < 1.29 is 28.6 Å². The van der Waals surface area contributed by atoms with E-state index in [1.54, 1.807) is 31.0 Å². The Labute approximate surface area is 198 Å². The molecule has 0 saturated carbocycles. The highest BCUT2D eigenvalue weighted by atomic mass is 32.2. The predicted octanol–water partition coefficient (Wildman–Crippen LogP) is 3.60. The number of rotatable bonds is 8. The first-order chi connectivity index (χ1) is 15.8. The smallest absolute Gasteiger partial charge is 0.336 e. The van der Waals surface area contributed by atoms with Gasteiger partial charge in [-0.1, -0.05) is 26.0 Å². The average Bonchev–Trinajstić information content (AvgIpc) is 2.80. The van der Waals surface area contributed by atoms with Crippen molar-refractivity contribution in [3.63, 3.8) is 0 Å². The van der Waals surface area contributed by atoms with Crippen LogP contribution in [0.15, 0.2) is 46.8 Å². The van der Waals surface area contributed by atoms with Crippen LogP contribution >= 0.6 is 11.8 Å². The van der Waals surface area contributed by atoms with Crippen LogP contribution in [0.3, 0.4) is 0 Å². The molecule has 33 heavy (non-hydrogen) atoms. The van der Waals surface area contributed by atoms with Gasteiger partial charge in [-0.3, -0.25) is 9.59 Å². The van der Waals surface area contributed by atoms with Crippen LogP contribution in [0.1, 0.15) is 38.7 Å². The van der Waals surface area contributed by atoms with Crippen molar-refractivity contribution in [2.75, 3.05) is 32.3 Å². The minimum absolute atomic E-state index is 0.222. The van der Waals surface area contributed by atoms with E-state index in [1.165, 1.54) is 7.11 Å². The molecule has 0 spiro atoms. The van der Waals surface area contributed by atoms with Crippen LogP contribution in [0, 0.1) is 11.8 Å². The maximum absolute atomic E-state index is 13.6. The molecule has 0 unspecified atom stereocenters. The van der Waals surface area contributed by atoms with Crippen molar-refractivity contribution in [2.45, 2.75) is 33.1 Å². The van der Waals surface area contributed by atoms with E-state index in [4.69, 9.17) is 14.2 Å². The number of carbonyl (C=O) groups is 3. The van der Waals surface area contributed by atoms with Crippen LogP contribution in [0.4, 0.5) is 0 Å². The van der Waals surface area contributed by atoms with Gasteiger partial charge in [0.1, 0.15) is 18.3 Å². The van der Waals surface area contributed by atoms with Crippen LogP contribution < -0.4 is 10.1 Å². The molecule has 1 aliphatic heterocycles. The monoisotopic (exact) mass is 473 g/mol. The topological polar surface area (TPSA) is 90.9 Å². The molecule has 3 atom stereocenters. The van der Waals surface area contributed by atoms with Gasteiger partial charge in [0.2, 0.25) is 0 Å². The van der Waals surface area contributed by atoms with E-state index >= 15 is 0 Å². The van der Waals surface area contributed by atoms with Crippen molar-refractivity contribution in [2.24, 2.45) is 11.8 Å². The summed E-state index contributed by atoms with van der Waals surface area (Å²) in [5, 5.41) is 3.27. The Kier molecular flexibility index (Phi) is 8.24. The fourth-order valence-electron chi connectivity index (χ4n) is 4.50. The Morgan fingerprint density at radius 1 is 1.18 bits per heavy atom. The maximum atomic E-state index is 13.6. The average molecular weight is 474 g/mol. The van der Waals surface area contributed by atoms with Gasteiger partial charge in [0.25, 0.3) is 0 Å². The summed E-state index contributed by atoms with van der Waals surface area (Å²) in [7, 11) is 2.86. The van der Waals surface area contributed by atoms with Crippen molar-refractivity contribution in [1.82, 2.24) is 5.32 Å². The zero-order valence-corrected chi connectivity index (χ0v) is 20.5. The highest BCUT2D eigenvalue weighted by Gasteiger charge is 2.47. The first kappa shape index (κ1) is 24.9. The second-order valence-corrected chi connectivity index (χ2v) is 9.54. The molecule has 8 heteroatoms. The first-order valence-corrected chi connectivity index (χ1v) is 12.2. The highest BCUT2D eigenvalue weighted by Crippen LogP contribution is 2.45. The summed E-state index contributed by atoms with van der Waals surface area (Å²) in [6, 6.07) is 7.26. The number of methoxy groups -OCH3 is 2. The maximum Gasteiger partial charge on any atom is 0.336 e. The minimum Gasteiger partial charge on any atom is -0.497 e. The van der Waals surface area contributed by atoms with Crippen LogP contribution in [0.5, 0.6) is 5.75 Å². The normalized spacial score (nSPS) is 22.5. The number of ketones is 1. The molecule has 1 aromatic rings. The van der Waals surface area contributed by atoms with Crippen LogP contribution in [0.25, 0.3) is 0 Å². The minimum atomic E-state index is -0.909. The van der Waals surface area contributed by atoms with E-state index < -0.39 is 23.8 Å². The van der Waals surface area contributed by atoms with Gasteiger partial charge in [-0.15, -0.1) is 0 Å². The van der Waals surface area contributed by atoms with E-state index in [9.17, 15) is 14.4 Å². The third-order valence-electron chi connectivity index (χ3n) is 6.08. The molecule has 0 fully saturated rings. The molecule has 0 saturated heterocycles. The lowest BCUT2D eigenvalue weighted by Crippen LogP contribution is -2.43. The quantitative estimate of drug-likeness (QED) is 0.348. The lowest BCUT2D eigenvalue weighted by Gasteiger charge is -2.38. The number of hydrogen-bond donors (Lipinski definition) is 1. The molecule has 1 aliphatic carbocycles. The van der Waals surface area contributed by atoms with Gasteiger partial charge in [0.05, 0.1) is 19.8 Å². The number of benzene rings is 1. The Hall–Kier alpha value is -2.74. The number of thioether (sulfide) groups is 1. The summed E-state index contributed by atoms with van der Waals surface area (Å²) in [5.41, 5.74) is 2.95. The molecule has 0 aromatic heterocycles. The summed E-state index contributed by atoms with van der Waals surface area (Å²) in [5.74, 6) is -0.817. The fraction of sp³-hybridized carbons (Fsp3) is 0.480. The largest absolute Gasteiger partial charge is 0.497 e. The third kappa shape index (κ3) is 5.11. The van der Waals surface area contributed by atoms with Gasteiger partial charge >= 0.3 is 11.9 Å². The number of nitrogens with one attached hydrogen (secondary N) is 1. The molecule has 2 aliphatic rings. The van der Waals surface area contributed by atoms with Gasteiger partial charge in [0.15, 0.2) is 5.78 Å². The van der Waals surface area contributed by atoms with Gasteiger partial charge in [-0.25, -0.2) is 4.79 Å². The molecule has 178 valence electrons. The molecular formula is C25H31NO6S. The number of esters is 2. The zero-order valence-electron chi connectivity index (χ0n) is 19.7. The Balaban J connectivity index is 2.06. The van der Waals surface area contributed by atoms with Gasteiger partial charge in [0, 0.05) is 28.6 Å². The molecular weight excluding hydrogens is 442 g/mol. The number of carbonyl (C=O) groups excluding carboxylic acids is 3. The summed E-state index contributed by atoms with van der Waals surface area (Å²) >= 11 is 1.69. The van der Waals surface area contributed by atoms with E-state index in [0.29, 0.717) is 34.8 Å². The van der Waals surface area contributed by atoms with Gasteiger partial charge in [-0.2, -0.15) is 11.8 Å². The SMILES string of the molecule is CCSCCOC(=O)C1=C(C)NC2=C(C(=O)[C@@H](C(=O)OC)[C@H](C)C2)[C@H]1c1ccc(OC)cc1. The summed E-state index contributed by atoms with van der Waals surface area (Å²) in [6.07, 6.45) is 0.500. The van der Waals surface area contributed by atoms with Gasteiger partial charge in [-0.05, 0) is 42.7 Å².